The van der Waals surface area contributed by atoms with E-state index in [1.807, 2.05) is 67.3 Å². The van der Waals surface area contributed by atoms with E-state index in [9.17, 15) is 41.6 Å². The molecule has 3 rings (SSSR count). The van der Waals surface area contributed by atoms with Crippen LogP contribution in [0.1, 0.15) is 71.8 Å². The van der Waals surface area contributed by atoms with Crippen molar-refractivity contribution in [3.8, 4) is 0 Å². The van der Waals surface area contributed by atoms with Crippen LogP contribution in [-0.4, -0.2) is 106 Å². The number of carbonyl (C=O) groups excluding carboxylic acids is 4. The quantitative estimate of drug-likeness (QED) is 0.0162. The molecule has 1 saturated heterocycles. The highest BCUT2D eigenvalue weighted by Crippen LogP contribution is 2.47. The fourth-order valence-electron chi connectivity index (χ4n) is 6.23. The molecule has 16 nitrogen and oxygen atoms in total. The van der Waals surface area contributed by atoms with E-state index >= 15 is 0 Å². The van der Waals surface area contributed by atoms with Crippen LogP contribution in [-0.2, 0) is 55.6 Å². The van der Waals surface area contributed by atoms with Crippen molar-refractivity contribution in [1.29, 1.82) is 0 Å². The van der Waals surface area contributed by atoms with E-state index < -0.39 is 57.0 Å². The maximum Gasteiger partial charge on any atom is 0.361 e. The first kappa shape index (κ1) is 49.9. The lowest BCUT2D eigenvalue weighted by molar-refractivity contribution is -0.211. The second kappa shape index (κ2) is 23.5. The van der Waals surface area contributed by atoms with Gasteiger partial charge in [-0.2, -0.15) is 8.42 Å². The number of hydrogen-bond donors (Lipinski definition) is 3. The summed E-state index contributed by atoms with van der Waals surface area (Å²) in [6.45, 7) is 12.1. The summed E-state index contributed by atoms with van der Waals surface area (Å²) >= 11 is -0.984. The summed E-state index contributed by atoms with van der Waals surface area (Å²) in [6.07, 6.45) is 15.7. The van der Waals surface area contributed by atoms with Crippen molar-refractivity contribution in [2.75, 3.05) is 49.4 Å². The molecule has 0 spiro atoms. The van der Waals surface area contributed by atoms with Crippen molar-refractivity contribution < 1.29 is 51.3 Å². The molecule has 2 aliphatic heterocycles. The summed E-state index contributed by atoms with van der Waals surface area (Å²) in [5.74, 6) is -2.88. The molecule has 2 heterocycles. The normalized spacial score (nSPS) is 17.5. The summed E-state index contributed by atoms with van der Waals surface area (Å²) in [6, 6.07) is 5.72. The van der Waals surface area contributed by atoms with Crippen LogP contribution in [0, 0.1) is 0 Å². The van der Waals surface area contributed by atoms with Gasteiger partial charge in [-0.15, -0.1) is 5.06 Å². The fourth-order valence-corrected chi connectivity index (χ4v) is 7.64. The fraction of sp³-hybridized carbons (Fsp3) is 0.439. The molecular weight excluding hydrogens is 834 g/mol. The van der Waals surface area contributed by atoms with Gasteiger partial charge in [0.1, 0.15) is 5.75 Å². The molecule has 1 aromatic carbocycles. The Labute approximate surface area is 357 Å². The monoisotopic (exact) mass is 889 g/mol. The second-order valence-corrected chi connectivity index (χ2v) is 18.2. The van der Waals surface area contributed by atoms with Gasteiger partial charge in [0.15, 0.2) is 6.61 Å². The molecule has 0 aliphatic carbocycles. The molecule has 60 heavy (non-hydrogen) atoms. The van der Waals surface area contributed by atoms with Crippen molar-refractivity contribution in [2.24, 2.45) is 4.99 Å². The van der Waals surface area contributed by atoms with Crippen molar-refractivity contribution in [1.82, 2.24) is 15.4 Å². The van der Waals surface area contributed by atoms with Crippen molar-refractivity contribution in [3.05, 3.63) is 95.5 Å². The zero-order chi connectivity index (χ0) is 44.6. The molecule has 0 saturated carbocycles. The molecule has 3 N–H and O–H groups in total. The lowest BCUT2D eigenvalue weighted by Crippen LogP contribution is -2.36. The molecule has 3 amide bonds. The number of benzene rings is 1. The molecule has 1 aromatic rings. The number of likely N-dealkylation sites (N-methyl/N-ethyl adjacent to an activating group) is 1. The van der Waals surface area contributed by atoms with Gasteiger partial charge < -0.3 is 24.5 Å². The maximum absolute atomic E-state index is 13.6. The molecule has 2 aliphatic rings. The van der Waals surface area contributed by atoms with Gasteiger partial charge in [0.25, 0.3) is 27.8 Å². The minimum absolute atomic E-state index is 0.0664. The van der Waals surface area contributed by atoms with Crippen LogP contribution in [0.2, 0.25) is 0 Å². The number of carbonyl (C=O) groups is 4. The Bertz CT molecular complexity index is 2040. The lowest BCUT2D eigenvalue weighted by Gasteiger charge is -2.27. The SMILES string of the molecule is C=C(/N=C(/C=C/C=C/C=C1/N(CCCS(=O)(=O)O)c2ccc(PO)cc2C1(C)C)CC)/C(=C\C(=C/NCCC[S+](C)[O-])C(=O)N(C)OCC(=O)ON1C(=O)CCC1=O)CC. The van der Waals surface area contributed by atoms with Gasteiger partial charge in [0, 0.05) is 76.9 Å². The Balaban J connectivity index is 1.80. The van der Waals surface area contributed by atoms with E-state index in [0.29, 0.717) is 60.1 Å². The highest BCUT2D eigenvalue weighted by molar-refractivity contribution is 7.90. The van der Waals surface area contributed by atoms with Gasteiger partial charge in [0.2, 0.25) is 0 Å². The van der Waals surface area contributed by atoms with Crippen LogP contribution in [0.15, 0.2) is 95.0 Å². The number of anilines is 1. The zero-order valence-electron chi connectivity index (χ0n) is 34.9. The molecular formula is C41H56N5O11PS2. The lowest BCUT2D eigenvalue weighted by atomic mass is 9.83. The Morgan fingerprint density at radius 1 is 1.13 bits per heavy atom. The third kappa shape index (κ3) is 14.9. The molecule has 0 radical (unpaired) electrons. The van der Waals surface area contributed by atoms with Gasteiger partial charge in [-0.3, -0.25) is 28.8 Å². The number of hydrogen-bond acceptors (Lipinski definition) is 13. The van der Waals surface area contributed by atoms with E-state index in [-0.39, 0.29) is 39.4 Å². The van der Waals surface area contributed by atoms with E-state index in [1.165, 1.54) is 13.2 Å². The molecule has 2 unspecified atom stereocenters. The standard InChI is InChI=1S/C41H56N5O11PS2/c1-8-30(25-31(27-42-21-13-23-59(7)52)40(50)44(6)56-28-39(49)57-46-37(47)19-20-38(46)48)29(3)43-32(9-2)15-11-10-12-16-36-41(4,5)34-26-33(58-51)17-18-35(34)45(36)22-14-24-60(53,54)55/h10-12,15-18,25-27,42,51,58H,3,8-9,13-14,19-24,28H2,1-2,4-7H3,(H,53,54,55)/b12-10+,15-11+,30-25-,31-27+,36-16+,43-32+. The number of nitrogens with zero attached hydrogens (tertiary/aromatic N) is 4. The number of imide groups is 1. The zero-order valence-corrected chi connectivity index (χ0v) is 37.6. The number of aliphatic imine (C=N–C) groups is 1. The Hall–Kier alpha value is -4.42. The first-order chi connectivity index (χ1) is 28.3. The van der Waals surface area contributed by atoms with Crippen molar-refractivity contribution >= 4 is 70.5 Å². The van der Waals surface area contributed by atoms with Gasteiger partial charge in [-0.25, -0.2) is 9.86 Å². The first-order valence-electron chi connectivity index (χ1n) is 19.3. The Morgan fingerprint density at radius 3 is 2.45 bits per heavy atom. The summed E-state index contributed by atoms with van der Waals surface area (Å²) in [7, 11) is -3.19. The Kier molecular flexibility index (Phi) is 19.6. The first-order valence-corrected chi connectivity index (χ1v) is 23.6. The van der Waals surface area contributed by atoms with Gasteiger partial charge in [0.05, 0.1) is 23.3 Å². The van der Waals surface area contributed by atoms with Gasteiger partial charge in [-0.05, 0) is 66.1 Å². The maximum atomic E-state index is 13.6. The van der Waals surface area contributed by atoms with Crippen molar-refractivity contribution in [2.45, 2.75) is 71.6 Å². The summed E-state index contributed by atoms with van der Waals surface area (Å²) < 4.78 is 43.8. The molecule has 0 aromatic heterocycles. The van der Waals surface area contributed by atoms with Crippen LogP contribution >= 0.6 is 8.81 Å². The number of nitrogens with one attached hydrogen (secondary N) is 1. The number of allylic oxidation sites excluding steroid dienone is 7. The van der Waals surface area contributed by atoms with Crippen LogP contribution in [0.3, 0.4) is 0 Å². The predicted molar refractivity (Wildman–Crippen MR) is 235 cm³/mol. The van der Waals surface area contributed by atoms with Crippen LogP contribution in [0.4, 0.5) is 5.69 Å². The molecule has 328 valence electrons. The summed E-state index contributed by atoms with van der Waals surface area (Å²) in [4.78, 5) is 76.2. The van der Waals surface area contributed by atoms with E-state index in [2.05, 4.69) is 25.7 Å². The topological polar surface area (TPSA) is 219 Å². The summed E-state index contributed by atoms with van der Waals surface area (Å²) in [5, 5.41) is 5.08. The highest BCUT2D eigenvalue weighted by Gasteiger charge is 2.40. The smallest absolute Gasteiger partial charge is 0.361 e. The van der Waals surface area contributed by atoms with E-state index in [4.69, 9.17) is 14.7 Å². The van der Waals surface area contributed by atoms with E-state index in [0.717, 1.165) is 27.3 Å². The number of fused-ring (bicyclic) bond motifs is 1. The number of amides is 3. The number of rotatable bonds is 23. The van der Waals surface area contributed by atoms with Crippen molar-refractivity contribution in [3.63, 3.8) is 0 Å². The third-order valence-electron chi connectivity index (χ3n) is 9.41. The summed E-state index contributed by atoms with van der Waals surface area (Å²) in [5.41, 5.74) is 4.25. The second-order valence-electron chi connectivity index (χ2n) is 14.3. The molecule has 0 bridgehead atoms. The Morgan fingerprint density at radius 2 is 1.83 bits per heavy atom. The van der Waals surface area contributed by atoms with Gasteiger partial charge in [-0.1, -0.05) is 69.7 Å². The van der Waals surface area contributed by atoms with Crippen LogP contribution in [0.5, 0.6) is 0 Å². The van der Waals surface area contributed by atoms with Crippen LogP contribution < -0.4 is 15.5 Å². The van der Waals surface area contributed by atoms with Gasteiger partial charge >= 0.3 is 5.97 Å². The minimum Gasteiger partial charge on any atom is -0.617 e. The predicted octanol–water partition coefficient (Wildman–Crippen LogP) is 4.21. The average molecular weight is 890 g/mol. The molecule has 1 fully saturated rings. The van der Waals surface area contributed by atoms with Crippen LogP contribution in [0.25, 0.3) is 0 Å². The molecule has 2 atom stereocenters. The van der Waals surface area contributed by atoms with E-state index in [1.54, 1.807) is 12.3 Å². The highest BCUT2D eigenvalue weighted by atomic mass is 32.2. The molecule has 19 heteroatoms. The minimum atomic E-state index is -4.12. The largest absolute Gasteiger partial charge is 0.617 e. The average Bonchev–Trinajstić information content (AvgIpc) is 3.62. The number of hydroxylamine groups is 4. The third-order valence-corrected chi connectivity index (χ3v) is 11.6.